The van der Waals surface area contributed by atoms with Crippen molar-refractivity contribution in [3.63, 3.8) is 0 Å². The first-order chi connectivity index (χ1) is 15.1. The van der Waals surface area contributed by atoms with Gasteiger partial charge in [-0.2, -0.15) is 0 Å². The van der Waals surface area contributed by atoms with E-state index in [1.165, 1.54) is 26.9 Å². The van der Waals surface area contributed by atoms with Crippen LogP contribution in [0, 0.1) is 11.8 Å². The molecule has 5 aromatic rings. The Morgan fingerprint density at radius 1 is 0.645 bits per heavy atom. The van der Waals surface area contributed by atoms with Crippen LogP contribution >= 0.6 is 0 Å². The minimum atomic E-state index is -1.13. The molecule has 0 aliphatic rings. The van der Waals surface area contributed by atoms with Gasteiger partial charge in [-0.05, 0) is 56.1 Å². The molecule has 0 spiro atoms. The lowest BCUT2D eigenvalue weighted by Gasteiger charge is -2.15. The molecule has 0 aliphatic carbocycles. The second kappa shape index (κ2) is 8.02. The molecule has 0 amide bonds. The molecular formula is C28H22O3. The van der Waals surface area contributed by atoms with E-state index in [2.05, 4.69) is 66.4 Å². The Hall–Kier alpha value is -3.42. The number of benzene rings is 5. The zero-order chi connectivity index (χ0) is 21.4. The van der Waals surface area contributed by atoms with E-state index < -0.39 is 18.8 Å². The Bertz CT molecular complexity index is 1410. The number of hydrogen-bond acceptors (Lipinski definition) is 3. The van der Waals surface area contributed by atoms with Crippen LogP contribution in [0.5, 0.6) is 0 Å². The number of hydrogen-bond donors (Lipinski definition) is 3. The fourth-order valence-electron chi connectivity index (χ4n) is 4.21. The highest BCUT2D eigenvalue weighted by Crippen LogP contribution is 2.35. The van der Waals surface area contributed by atoms with Crippen molar-refractivity contribution in [2.45, 2.75) is 18.6 Å². The van der Waals surface area contributed by atoms with E-state index in [-0.39, 0.29) is 6.42 Å². The van der Waals surface area contributed by atoms with E-state index in [4.69, 9.17) is 5.11 Å². The highest BCUT2D eigenvalue weighted by atomic mass is 16.4. The second-order valence-corrected chi connectivity index (χ2v) is 7.94. The minimum Gasteiger partial charge on any atom is -0.394 e. The highest BCUT2D eigenvalue weighted by molar-refractivity contribution is 6.23. The summed E-state index contributed by atoms with van der Waals surface area (Å²) in [6.45, 7) is -0.454. The molecule has 3 nitrogen and oxygen atoms in total. The SMILES string of the molecule is OCC(O)C(O)Cc1ccc(C#Cc2ccc3ccc4cccc5ccc2c3c45)cc1. The first kappa shape index (κ1) is 19.5. The normalized spacial score (nSPS) is 13.4. The summed E-state index contributed by atoms with van der Waals surface area (Å²) in [7, 11) is 0. The van der Waals surface area contributed by atoms with Crippen molar-refractivity contribution in [1.82, 2.24) is 0 Å². The van der Waals surface area contributed by atoms with Crippen molar-refractivity contribution in [3.05, 3.63) is 95.6 Å². The van der Waals surface area contributed by atoms with Crippen molar-refractivity contribution in [1.29, 1.82) is 0 Å². The van der Waals surface area contributed by atoms with E-state index in [1.54, 1.807) is 0 Å². The summed E-state index contributed by atoms with van der Waals surface area (Å²) in [4.78, 5) is 0. The van der Waals surface area contributed by atoms with Gasteiger partial charge in [-0.1, -0.05) is 72.5 Å². The second-order valence-electron chi connectivity index (χ2n) is 7.94. The third-order valence-corrected chi connectivity index (χ3v) is 5.90. The molecule has 0 saturated carbocycles. The molecule has 0 aromatic heterocycles. The summed E-state index contributed by atoms with van der Waals surface area (Å²) in [5.74, 6) is 6.58. The maximum atomic E-state index is 9.87. The van der Waals surface area contributed by atoms with E-state index in [0.29, 0.717) is 0 Å². The van der Waals surface area contributed by atoms with Gasteiger partial charge in [-0.25, -0.2) is 0 Å². The van der Waals surface area contributed by atoms with Gasteiger partial charge in [0.25, 0.3) is 0 Å². The summed E-state index contributed by atoms with van der Waals surface area (Å²) < 4.78 is 0. The van der Waals surface area contributed by atoms with E-state index in [9.17, 15) is 10.2 Å². The van der Waals surface area contributed by atoms with Crippen molar-refractivity contribution >= 4 is 32.3 Å². The molecule has 0 radical (unpaired) electrons. The standard InChI is InChI=1S/C28H22O3/c29-17-26(31)25(30)16-19-6-4-18(5-7-19)8-9-20-10-11-23-13-12-21-2-1-3-22-14-15-24(20)28(23)27(21)22/h1-7,10-15,25-26,29-31H,16-17H2. The predicted molar refractivity (Wildman–Crippen MR) is 125 cm³/mol. The fourth-order valence-corrected chi connectivity index (χ4v) is 4.21. The summed E-state index contributed by atoms with van der Waals surface area (Å²) in [5, 5.41) is 35.7. The van der Waals surface area contributed by atoms with Gasteiger partial charge in [0, 0.05) is 17.5 Å². The highest BCUT2D eigenvalue weighted by Gasteiger charge is 2.15. The molecule has 2 atom stereocenters. The molecule has 5 aromatic carbocycles. The zero-order valence-corrected chi connectivity index (χ0v) is 16.9. The summed E-state index contributed by atoms with van der Waals surface area (Å²) in [5.41, 5.74) is 2.76. The van der Waals surface area contributed by atoms with Gasteiger partial charge < -0.3 is 15.3 Å². The fraction of sp³-hybridized carbons (Fsp3) is 0.143. The van der Waals surface area contributed by atoms with Gasteiger partial charge in [-0.15, -0.1) is 0 Å². The van der Waals surface area contributed by atoms with Crippen molar-refractivity contribution < 1.29 is 15.3 Å². The van der Waals surface area contributed by atoms with Crippen LogP contribution in [0.25, 0.3) is 32.3 Å². The maximum Gasteiger partial charge on any atom is 0.103 e. The number of rotatable bonds is 4. The summed E-state index contributed by atoms with van der Waals surface area (Å²) in [6, 6.07) is 26.9. The lowest BCUT2D eigenvalue weighted by Crippen LogP contribution is -2.31. The molecule has 0 bridgehead atoms. The average Bonchev–Trinajstić information content (AvgIpc) is 2.82. The van der Waals surface area contributed by atoms with Gasteiger partial charge in [0.15, 0.2) is 0 Å². The molecule has 5 rings (SSSR count). The van der Waals surface area contributed by atoms with E-state index in [1.807, 2.05) is 24.3 Å². The van der Waals surface area contributed by atoms with Crippen molar-refractivity contribution in [3.8, 4) is 11.8 Å². The van der Waals surface area contributed by atoms with Gasteiger partial charge in [0.1, 0.15) is 6.10 Å². The average molecular weight is 406 g/mol. The largest absolute Gasteiger partial charge is 0.394 e. The van der Waals surface area contributed by atoms with Gasteiger partial charge in [-0.3, -0.25) is 0 Å². The molecule has 0 aliphatic heterocycles. The molecular weight excluding hydrogens is 384 g/mol. The van der Waals surface area contributed by atoms with Crippen LogP contribution in [-0.4, -0.2) is 34.1 Å². The van der Waals surface area contributed by atoms with Crippen molar-refractivity contribution in [2.24, 2.45) is 0 Å². The first-order valence-corrected chi connectivity index (χ1v) is 10.4. The topological polar surface area (TPSA) is 60.7 Å². The predicted octanol–water partition coefficient (Wildman–Crippen LogP) is 4.24. The van der Waals surface area contributed by atoms with Crippen LogP contribution in [0.1, 0.15) is 16.7 Å². The number of aliphatic hydroxyl groups is 3. The summed E-state index contributed by atoms with van der Waals surface area (Å²) in [6.07, 6.45) is -1.84. The molecule has 3 N–H and O–H groups in total. The smallest absolute Gasteiger partial charge is 0.103 e. The van der Waals surface area contributed by atoms with Crippen LogP contribution in [-0.2, 0) is 6.42 Å². The molecule has 3 heteroatoms. The van der Waals surface area contributed by atoms with Crippen LogP contribution in [0.3, 0.4) is 0 Å². The lowest BCUT2D eigenvalue weighted by atomic mass is 9.92. The third kappa shape index (κ3) is 3.62. The molecule has 0 fully saturated rings. The van der Waals surface area contributed by atoms with Gasteiger partial charge >= 0.3 is 0 Å². The minimum absolute atomic E-state index is 0.282. The Kier molecular flexibility index (Phi) is 5.05. The molecule has 0 heterocycles. The Morgan fingerprint density at radius 3 is 2.00 bits per heavy atom. The maximum absolute atomic E-state index is 9.87. The van der Waals surface area contributed by atoms with Crippen LogP contribution < -0.4 is 0 Å². The first-order valence-electron chi connectivity index (χ1n) is 10.4. The Morgan fingerprint density at radius 2 is 1.29 bits per heavy atom. The lowest BCUT2D eigenvalue weighted by molar-refractivity contribution is -0.0132. The molecule has 2 unspecified atom stereocenters. The van der Waals surface area contributed by atoms with E-state index >= 15 is 0 Å². The molecule has 0 saturated heterocycles. The Balaban J connectivity index is 1.49. The quantitative estimate of drug-likeness (QED) is 0.309. The monoisotopic (exact) mass is 406 g/mol. The Labute approximate surface area is 180 Å². The van der Waals surface area contributed by atoms with E-state index in [0.717, 1.165) is 22.1 Å². The summed E-state index contributed by atoms with van der Waals surface area (Å²) >= 11 is 0. The molecule has 152 valence electrons. The van der Waals surface area contributed by atoms with Crippen LogP contribution in [0.15, 0.2) is 78.9 Å². The third-order valence-electron chi connectivity index (χ3n) is 5.90. The number of aliphatic hydroxyl groups excluding tert-OH is 3. The zero-order valence-electron chi connectivity index (χ0n) is 16.9. The molecule has 31 heavy (non-hydrogen) atoms. The van der Waals surface area contributed by atoms with Crippen LogP contribution in [0.2, 0.25) is 0 Å². The van der Waals surface area contributed by atoms with Gasteiger partial charge in [0.05, 0.1) is 12.7 Å². The van der Waals surface area contributed by atoms with Crippen LogP contribution in [0.4, 0.5) is 0 Å². The van der Waals surface area contributed by atoms with Gasteiger partial charge in [0.2, 0.25) is 0 Å². The van der Waals surface area contributed by atoms with Crippen molar-refractivity contribution in [2.75, 3.05) is 6.61 Å².